The second kappa shape index (κ2) is 5.67. The van der Waals surface area contributed by atoms with E-state index in [4.69, 9.17) is 0 Å². The van der Waals surface area contributed by atoms with Crippen LogP contribution in [0.3, 0.4) is 0 Å². The molecule has 0 bridgehead atoms. The first-order valence-corrected chi connectivity index (χ1v) is 7.05. The maximum atomic E-state index is 12.0. The number of hydrogen-bond acceptors (Lipinski definition) is 1. The van der Waals surface area contributed by atoms with Gasteiger partial charge in [0.05, 0.1) is 4.83 Å². The van der Waals surface area contributed by atoms with Crippen LogP contribution >= 0.6 is 15.9 Å². The van der Waals surface area contributed by atoms with Crippen LogP contribution in [0, 0.1) is 0 Å². The van der Waals surface area contributed by atoms with E-state index in [0.717, 1.165) is 37.8 Å². The van der Waals surface area contributed by atoms with Crippen LogP contribution in [0.1, 0.15) is 25.7 Å². The highest BCUT2D eigenvalue weighted by molar-refractivity contribution is 9.10. The van der Waals surface area contributed by atoms with Crippen molar-refractivity contribution in [1.29, 1.82) is 0 Å². The fourth-order valence-corrected chi connectivity index (χ4v) is 2.84. The van der Waals surface area contributed by atoms with Crippen LogP contribution in [0.15, 0.2) is 36.5 Å². The first-order chi connectivity index (χ1) is 8.18. The van der Waals surface area contributed by atoms with Crippen molar-refractivity contribution in [2.24, 2.45) is 0 Å². The second-order valence-electron chi connectivity index (χ2n) is 4.66. The monoisotopic (exact) mass is 295 g/mol. The Bertz CT molecular complexity index is 372. The van der Waals surface area contributed by atoms with Gasteiger partial charge < -0.3 is 4.90 Å². The van der Waals surface area contributed by atoms with Gasteiger partial charge in [0, 0.05) is 12.6 Å². The number of carbonyl (C=O) groups excluding carboxylic acids is 1. The predicted molar refractivity (Wildman–Crippen MR) is 74.1 cm³/mol. The first-order valence-electron chi connectivity index (χ1n) is 6.14. The topological polar surface area (TPSA) is 20.3 Å². The fourth-order valence-electron chi connectivity index (χ4n) is 2.37. The van der Waals surface area contributed by atoms with E-state index in [1.54, 1.807) is 0 Å². The number of carbonyl (C=O) groups is 1. The third-order valence-corrected chi connectivity index (χ3v) is 4.25. The molecule has 0 radical (unpaired) electrons. The van der Waals surface area contributed by atoms with Crippen LogP contribution in [0.4, 0.5) is 0 Å². The zero-order chi connectivity index (χ0) is 12.3. The molecule has 1 amide bonds. The van der Waals surface area contributed by atoms with Gasteiger partial charge in [-0.3, -0.25) is 4.79 Å². The van der Waals surface area contributed by atoms with Gasteiger partial charge in [0.1, 0.15) is 0 Å². The van der Waals surface area contributed by atoms with Crippen LogP contribution in [-0.4, -0.2) is 28.2 Å². The SMILES string of the molecule is C=C1/C=C\C=C/CC(N2CCC(Br)C2=O)CC1. The molecule has 0 spiro atoms. The Morgan fingerprint density at radius 2 is 2.18 bits per heavy atom. The Hall–Kier alpha value is -0.830. The van der Waals surface area contributed by atoms with Gasteiger partial charge in [-0.2, -0.15) is 0 Å². The second-order valence-corrected chi connectivity index (χ2v) is 5.77. The Labute approximate surface area is 111 Å². The Morgan fingerprint density at radius 3 is 2.88 bits per heavy atom. The van der Waals surface area contributed by atoms with Crippen LogP contribution in [0.2, 0.25) is 0 Å². The molecule has 0 N–H and O–H groups in total. The number of nitrogens with zero attached hydrogens (tertiary/aromatic N) is 1. The first kappa shape index (κ1) is 12.6. The van der Waals surface area contributed by atoms with Gasteiger partial charge in [0.25, 0.3) is 0 Å². The summed E-state index contributed by atoms with van der Waals surface area (Å²) in [5.74, 6) is 0.251. The minimum Gasteiger partial charge on any atom is -0.338 e. The number of alkyl halides is 1. The van der Waals surface area contributed by atoms with E-state index in [9.17, 15) is 4.79 Å². The quantitative estimate of drug-likeness (QED) is 0.680. The molecule has 0 aromatic carbocycles. The summed E-state index contributed by atoms with van der Waals surface area (Å²) in [6.45, 7) is 4.90. The minimum absolute atomic E-state index is 0.0282. The Balaban J connectivity index is 2.05. The van der Waals surface area contributed by atoms with Gasteiger partial charge in [-0.25, -0.2) is 0 Å². The summed E-state index contributed by atoms with van der Waals surface area (Å²) in [6.07, 6.45) is 12.1. The zero-order valence-electron chi connectivity index (χ0n) is 9.94. The molecule has 92 valence electrons. The number of halogens is 1. The normalized spacial score (nSPS) is 34.1. The van der Waals surface area contributed by atoms with Crippen molar-refractivity contribution in [3.8, 4) is 0 Å². The molecule has 2 rings (SSSR count). The van der Waals surface area contributed by atoms with Crippen LogP contribution in [0.25, 0.3) is 0 Å². The molecule has 1 heterocycles. The summed E-state index contributed by atoms with van der Waals surface area (Å²) >= 11 is 3.43. The van der Waals surface area contributed by atoms with Gasteiger partial charge in [0.15, 0.2) is 0 Å². The van der Waals surface area contributed by atoms with Crippen molar-refractivity contribution in [2.45, 2.75) is 36.6 Å². The van der Waals surface area contributed by atoms with Gasteiger partial charge in [-0.05, 0) is 25.7 Å². The van der Waals surface area contributed by atoms with Crippen LogP contribution < -0.4 is 0 Å². The predicted octanol–water partition coefficient (Wildman–Crippen LogP) is 3.20. The summed E-state index contributed by atoms with van der Waals surface area (Å²) in [5, 5.41) is 0. The van der Waals surface area contributed by atoms with Crippen LogP contribution in [0.5, 0.6) is 0 Å². The molecule has 1 fully saturated rings. The lowest BCUT2D eigenvalue weighted by atomic mass is 10.0. The Kier molecular flexibility index (Phi) is 4.21. The van der Waals surface area contributed by atoms with Gasteiger partial charge >= 0.3 is 0 Å². The van der Waals surface area contributed by atoms with Crippen molar-refractivity contribution < 1.29 is 4.79 Å². The van der Waals surface area contributed by atoms with E-state index in [1.807, 2.05) is 11.0 Å². The smallest absolute Gasteiger partial charge is 0.236 e. The Morgan fingerprint density at radius 1 is 1.35 bits per heavy atom. The lowest BCUT2D eigenvalue weighted by Crippen LogP contribution is -2.37. The largest absolute Gasteiger partial charge is 0.338 e. The number of rotatable bonds is 1. The molecule has 17 heavy (non-hydrogen) atoms. The fraction of sp³-hybridized carbons (Fsp3) is 0.500. The molecule has 1 aliphatic carbocycles. The van der Waals surface area contributed by atoms with Crippen molar-refractivity contribution in [2.75, 3.05) is 6.54 Å². The number of likely N-dealkylation sites (tertiary alicyclic amines) is 1. The third kappa shape index (κ3) is 3.09. The third-order valence-electron chi connectivity index (χ3n) is 3.40. The number of amides is 1. The molecule has 2 unspecified atom stereocenters. The highest BCUT2D eigenvalue weighted by Crippen LogP contribution is 2.25. The maximum Gasteiger partial charge on any atom is 0.236 e. The molecule has 2 aliphatic rings. The molecule has 2 atom stereocenters. The van der Waals surface area contributed by atoms with Gasteiger partial charge in [-0.15, -0.1) is 0 Å². The maximum absolute atomic E-state index is 12.0. The van der Waals surface area contributed by atoms with E-state index < -0.39 is 0 Å². The van der Waals surface area contributed by atoms with E-state index in [0.29, 0.717) is 6.04 Å². The average Bonchev–Trinajstić information content (AvgIpc) is 2.68. The molecule has 1 saturated heterocycles. The summed E-state index contributed by atoms with van der Waals surface area (Å²) in [5.41, 5.74) is 1.14. The highest BCUT2D eigenvalue weighted by Gasteiger charge is 2.33. The molecule has 1 aliphatic heterocycles. The van der Waals surface area contributed by atoms with Gasteiger partial charge in [0.2, 0.25) is 5.91 Å². The molecular weight excluding hydrogens is 278 g/mol. The molecule has 3 heteroatoms. The summed E-state index contributed by atoms with van der Waals surface area (Å²) in [7, 11) is 0. The summed E-state index contributed by atoms with van der Waals surface area (Å²) in [4.78, 5) is 14.0. The molecular formula is C14H18BrNO. The minimum atomic E-state index is 0.0282. The summed E-state index contributed by atoms with van der Waals surface area (Å²) in [6, 6.07) is 0.331. The van der Waals surface area contributed by atoms with Gasteiger partial charge in [-0.1, -0.05) is 52.4 Å². The number of hydrogen-bond donors (Lipinski definition) is 0. The standard InChI is InChI=1S/C14H18BrNO/c1-11-5-3-2-4-6-12(8-7-11)16-10-9-13(15)14(16)17/h2-5,12-13H,1,6-10H2/b4-2-,5-3-. The molecule has 0 aromatic heterocycles. The molecule has 2 nitrogen and oxygen atoms in total. The molecule has 0 aromatic rings. The van der Waals surface area contributed by atoms with E-state index in [2.05, 4.69) is 40.7 Å². The van der Waals surface area contributed by atoms with Crippen molar-refractivity contribution in [3.05, 3.63) is 36.5 Å². The lowest BCUT2D eigenvalue weighted by Gasteiger charge is -2.27. The van der Waals surface area contributed by atoms with Crippen molar-refractivity contribution in [1.82, 2.24) is 4.90 Å². The zero-order valence-corrected chi connectivity index (χ0v) is 11.5. The lowest BCUT2D eigenvalue weighted by molar-refractivity contribution is -0.129. The van der Waals surface area contributed by atoms with Crippen LogP contribution in [-0.2, 0) is 4.79 Å². The van der Waals surface area contributed by atoms with E-state index in [1.165, 1.54) is 0 Å². The van der Waals surface area contributed by atoms with Crippen molar-refractivity contribution in [3.63, 3.8) is 0 Å². The molecule has 0 saturated carbocycles. The van der Waals surface area contributed by atoms with E-state index >= 15 is 0 Å². The highest BCUT2D eigenvalue weighted by atomic mass is 79.9. The van der Waals surface area contributed by atoms with Crippen molar-refractivity contribution >= 4 is 21.8 Å². The number of allylic oxidation sites excluding steroid dienone is 4. The average molecular weight is 296 g/mol. The summed E-state index contributed by atoms with van der Waals surface area (Å²) < 4.78 is 0. The van der Waals surface area contributed by atoms with E-state index in [-0.39, 0.29) is 10.7 Å².